The summed E-state index contributed by atoms with van der Waals surface area (Å²) < 4.78 is 42.3. The Balaban J connectivity index is 2.30. The van der Waals surface area contributed by atoms with Crippen molar-refractivity contribution in [2.24, 2.45) is 11.1 Å². The van der Waals surface area contributed by atoms with Crippen LogP contribution in [0.3, 0.4) is 0 Å². The summed E-state index contributed by atoms with van der Waals surface area (Å²) in [4.78, 5) is 0. The van der Waals surface area contributed by atoms with E-state index in [4.69, 9.17) is 10.5 Å². The Kier molecular flexibility index (Phi) is 3.82. The fourth-order valence-corrected chi connectivity index (χ4v) is 4.80. The SMILES string of the molecule is COc1cccc(CC2(CN)CCS(=O)(=O)C2)c1F. The number of methoxy groups -OCH3 is 1. The second-order valence-corrected chi connectivity index (χ2v) is 7.34. The van der Waals surface area contributed by atoms with Crippen LogP contribution in [0.15, 0.2) is 18.2 Å². The van der Waals surface area contributed by atoms with E-state index in [0.29, 0.717) is 18.4 Å². The molecule has 0 amide bonds. The Hall–Kier alpha value is -1.14. The number of sulfone groups is 1. The van der Waals surface area contributed by atoms with Crippen LogP contribution in [0.2, 0.25) is 0 Å². The van der Waals surface area contributed by atoms with Gasteiger partial charge in [0.1, 0.15) is 0 Å². The minimum absolute atomic E-state index is 0.0349. The van der Waals surface area contributed by atoms with E-state index in [1.807, 2.05) is 0 Å². The van der Waals surface area contributed by atoms with E-state index in [-0.39, 0.29) is 23.8 Å². The molecule has 4 nitrogen and oxygen atoms in total. The third kappa shape index (κ3) is 2.90. The molecule has 0 bridgehead atoms. The van der Waals surface area contributed by atoms with Gasteiger partial charge in [-0.3, -0.25) is 0 Å². The second kappa shape index (κ2) is 5.09. The molecule has 19 heavy (non-hydrogen) atoms. The number of halogens is 1. The minimum atomic E-state index is -3.05. The molecule has 1 aliphatic heterocycles. The minimum Gasteiger partial charge on any atom is -0.494 e. The molecule has 1 atom stereocenters. The Morgan fingerprint density at radius 2 is 2.21 bits per heavy atom. The average molecular weight is 287 g/mol. The van der Waals surface area contributed by atoms with Crippen molar-refractivity contribution in [1.29, 1.82) is 0 Å². The molecular weight excluding hydrogens is 269 g/mol. The van der Waals surface area contributed by atoms with Crippen molar-refractivity contribution >= 4 is 9.84 Å². The van der Waals surface area contributed by atoms with Crippen LogP contribution in [0.25, 0.3) is 0 Å². The normalized spacial score (nSPS) is 25.4. The van der Waals surface area contributed by atoms with Gasteiger partial charge in [0.25, 0.3) is 0 Å². The van der Waals surface area contributed by atoms with E-state index < -0.39 is 21.1 Å². The van der Waals surface area contributed by atoms with E-state index in [0.717, 1.165) is 0 Å². The van der Waals surface area contributed by atoms with E-state index >= 15 is 0 Å². The predicted molar refractivity (Wildman–Crippen MR) is 71.4 cm³/mol. The molecule has 1 aromatic carbocycles. The molecule has 1 aromatic rings. The Morgan fingerprint density at radius 1 is 1.47 bits per heavy atom. The number of rotatable bonds is 4. The summed E-state index contributed by atoms with van der Waals surface area (Å²) in [5, 5.41) is 0. The van der Waals surface area contributed by atoms with Gasteiger partial charge in [-0.25, -0.2) is 12.8 Å². The maximum Gasteiger partial charge on any atom is 0.168 e. The smallest absolute Gasteiger partial charge is 0.168 e. The standard InChI is InChI=1S/C13H18FNO3S/c1-18-11-4-2-3-10(12(11)14)7-13(8-15)5-6-19(16,17)9-13/h2-4H,5-9,15H2,1H3. The van der Waals surface area contributed by atoms with E-state index in [1.165, 1.54) is 7.11 Å². The molecule has 2 N–H and O–H groups in total. The van der Waals surface area contributed by atoms with Crippen LogP contribution in [-0.2, 0) is 16.3 Å². The highest BCUT2D eigenvalue weighted by atomic mass is 32.2. The lowest BCUT2D eigenvalue weighted by Crippen LogP contribution is -2.34. The summed E-state index contributed by atoms with van der Waals surface area (Å²) in [5.41, 5.74) is 5.65. The third-order valence-electron chi connectivity index (χ3n) is 3.73. The number of benzene rings is 1. The van der Waals surface area contributed by atoms with Gasteiger partial charge in [0, 0.05) is 5.41 Å². The van der Waals surface area contributed by atoms with Crippen LogP contribution in [0.5, 0.6) is 5.75 Å². The van der Waals surface area contributed by atoms with Crippen LogP contribution in [0.4, 0.5) is 4.39 Å². The van der Waals surface area contributed by atoms with Crippen molar-refractivity contribution in [3.05, 3.63) is 29.6 Å². The second-order valence-electron chi connectivity index (χ2n) is 5.16. The molecule has 106 valence electrons. The predicted octanol–water partition coefficient (Wildman–Crippen LogP) is 1.14. The molecule has 0 spiro atoms. The highest BCUT2D eigenvalue weighted by Gasteiger charge is 2.41. The molecule has 2 rings (SSSR count). The van der Waals surface area contributed by atoms with Gasteiger partial charge in [0.2, 0.25) is 0 Å². The van der Waals surface area contributed by atoms with Crippen LogP contribution in [0, 0.1) is 11.2 Å². The topological polar surface area (TPSA) is 69.4 Å². The summed E-state index contributed by atoms with van der Waals surface area (Å²) in [6, 6.07) is 4.89. The lowest BCUT2D eigenvalue weighted by Gasteiger charge is -2.26. The summed E-state index contributed by atoms with van der Waals surface area (Å²) in [6.45, 7) is 0.239. The van der Waals surface area contributed by atoms with E-state index in [2.05, 4.69) is 0 Å². The zero-order valence-electron chi connectivity index (χ0n) is 10.9. The van der Waals surface area contributed by atoms with Crippen LogP contribution in [-0.4, -0.2) is 33.6 Å². The van der Waals surface area contributed by atoms with Crippen molar-refractivity contribution < 1.29 is 17.5 Å². The van der Waals surface area contributed by atoms with E-state index in [9.17, 15) is 12.8 Å². The molecule has 0 radical (unpaired) electrons. The molecule has 0 aromatic heterocycles. The molecule has 6 heteroatoms. The number of ether oxygens (including phenoxy) is 1. The molecule has 1 saturated heterocycles. The molecule has 1 fully saturated rings. The molecule has 1 aliphatic rings. The van der Waals surface area contributed by atoms with Gasteiger partial charge in [0.15, 0.2) is 21.4 Å². The first-order valence-corrected chi connectivity index (χ1v) is 7.95. The van der Waals surface area contributed by atoms with E-state index in [1.54, 1.807) is 18.2 Å². The summed E-state index contributed by atoms with van der Waals surface area (Å²) in [5.74, 6) is -0.0872. The van der Waals surface area contributed by atoms with Gasteiger partial charge >= 0.3 is 0 Å². The van der Waals surface area contributed by atoms with Crippen LogP contribution >= 0.6 is 0 Å². The van der Waals surface area contributed by atoms with Crippen molar-refractivity contribution in [3.63, 3.8) is 0 Å². The molecular formula is C13H18FNO3S. The zero-order valence-corrected chi connectivity index (χ0v) is 11.7. The van der Waals surface area contributed by atoms with Gasteiger partial charge in [-0.1, -0.05) is 12.1 Å². The van der Waals surface area contributed by atoms with Crippen molar-refractivity contribution in [3.8, 4) is 5.75 Å². The maximum atomic E-state index is 14.1. The Bertz CT molecular complexity index is 573. The lowest BCUT2D eigenvalue weighted by molar-refractivity contribution is 0.333. The average Bonchev–Trinajstić information content (AvgIpc) is 2.68. The van der Waals surface area contributed by atoms with Crippen molar-refractivity contribution in [2.75, 3.05) is 25.2 Å². The Morgan fingerprint density at radius 3 is 2.74 bits per heavy atom. The van der Waals surface area contributed by atoms with Crippen LogP contribution in [0.1, 0.15) is 12.0 Å². The van der Waals surface area contributed by atoms with Gasteiger partial charge in [0.05, 0.1) is 18.6 Å². The summed E-state index contributed by atoms with van der Waals surface area (Å²) in [6.07, 6.45) is 0.814. The van der Waals surface area contributed by atoms with Crippen molar-refractivity contribution in [1.82, 2.24) is 0 Å². The molecule has 1 unspecified atom stereocenters. The van der Waals surface area contributed by atoms with Crippen LogP contribution < -0.4 is 10.5 Å². The largest absolute Gasteiger partial charge is 0.494 e. The Labute approximate surface area is 112 Å². The number of nitrogens with two attached hydrogens (primary N) is 1. The highest BCUT2D eigenvalue weighted by molar-refractivity contribution is 7.91. The zero-order chi connectivity index (χ0) is 14.1. The first kappa shape index (κ1) is 14.3. The maximum absolute atomic E-state index is 14.1. The third-order valence-corrected chi connectivity index (χ3v) is 5.61. The van der Waals surface area contributed by atoms with Gasteiger partial charge in [-0.05, 0) is 31.0 Å². The lowest BCUT2D eigenvalue weighted by atomic mass is 9.81. The highest BCUT2D eigenvalue weighted by Crippen LogP contribution is 2.36. The molecule has 1 heterocycles. The summed E-state index contributed by atoms with van der Waals surface area (Å²) >= 11 is 0. The van der Waals surface area contributed by atoms with Gasteiger partial charge in [-0.2, -0.15) is 0 Å². The molecule has 0 aliphatic carbocycles. The van der Waals surface area contributed by atoms with Gasteiger partial charge in [-0.15, -0.1) is 0 Å². The van der Waals surface area contributed by atoms with Gasteiger partial charge < -0.3 is 10.5 Å². The quantitative estimate of drug-likeness (QED) is 0.901. The molecule has 0 saturated carbocycles. The number of hydrogen-bond donors (Lipinski definition) is 1. The first-order chi connectivity index (χ1) is 8.91. The first-order valence-electron chi connectivity index (χ1n) is 6.13. The fourth-order valence-electron chi connectivity index (χ4n) is 2.61. The summed E-state index contributed by atoms with van der Waals surface area (Å²) in [7, 11) is -1.64. The number of hydrogen-bond acceptors (Lipinski definition) is 4. The van der Waals surface area contributed by atoms with Crippen molar-refractivity contribution in [2.45, 2.75) is 12.8 Å². The fraction of sp³-hybridized carbons (Fsp3) is 0.538. The monoisotopic (exact) mass is 287 g/mol.